The third-order valence-corrected chi connectivity index (χ3v) is 3.93. The van der Waals surface area contributed by atoms with Crippen LogP contribution in [0.2, 0.25) is 0 Å². The average Bonchev–Trinajstić information content (AvgIpc) is 2.61. The van der Waals surface area contributed by atoms with Gasteiger partial charge >= 0.3 is 5.97 Å². The zero-order chi connectivity index (χ0) is 19.4. The molecule has 0 radical (unpaired) electrons. The highest BCUT2D eigenvalue weighted by Gasteiger charge is 2.15. The molecule has 0 bridgehead atoms. The quantitative estimate of drug-likeness (QED) is 0.667. The third-order valence-electron chi connectivity index (χ3n) is 3.93. The van der Waals surface area contributed by atoms with Crippen LogP contribution in [0.4, 0.5) is 5.69 Å². The van der Waals surface area contributed by atoms with Gasteiger partial charge in [-0.05, 0) is 50.2 Å². The molecular weight excluding hydrogens is 342 g/mol. The number of carboxylic acids is 1. The molecule has 0 aromatic heterocycles. The van der Waals surface area contributed by atoms with Crippen LogP contribution in [0, 0.1) is 13.8 Å². The van der Waals surface area contributed by atoms with Gasteiger partial charge in [0.1, 0.15) is 11.5 Å². The van der Waals surface area contributed by atoms with E-state index in [0.29, 0.717) is 17.1 Å². The predicted molar refractivity (Wildman–Crippen MR) is 104 cm³/mol. The van der Waals surface area contributed by atoms with E-state index in [0.717, 1.165) is 11.1 Å². The molecule has 3 aromatic carbocycles. The molecule has 2 N–H and O–H groups in total. The van der Waals surface area contributed by atoms with Crippen molar-refractivity contribution in [2.45, 2.75) is 13.8 Å². The molecule has 0 aliphatic carbocycles. The molecule has 0 saturated carbocycles. The van der Waals surface area contributed by atoms with Crippen LogP contribution in [-0.4, -0.2) is 17.0 Å². The number of hydrogen-bond acceptors (Lipinski definition) is 3. The molecule has 27 heavy (non-hydrogen) atoms. The number of carboxylic acid groups (broad SMARTS) is 1. The summed E-state index contributed by atoms with van der Waals surface area (Å²) in [6.45, 7) is 3.81. The van der Waals surface area contributed by atoms with E-state index in [2.05, 4.69) is 5.32 Å². The second kappa shape index (κ2) is 7.74. The Balaban J connectivity index is 1.91. The molecule has 3 aromatic rings. The summed E-state index contributed by atoms with van der Waals surface area (Å²) in [5.41, 5.74) is 2.56. The smallest absolute Gasteiger partial charge is 0.337 e. The summed E-state index contributed by atoms with van der Waals surface area (Å²) < 4.78 is 5.74. The summed E-state index contributed by atoms with van der Waals surface area (Å²) in [5.74, 6) is -0.452. The van der Waals surface area contributed by atoms with Gasteiger partial charge in [0.25, 0.3) is 5.91 Å². The van der Waals surface area contributed by atoms with Gasteiger partial charge in [-0.3, -0.25) is 4.79 Å². The number of aromatic carboxylic acids is 1. The maximum atomic E-state index is 12.6. The Labute approximate surface area is 157 Å². The second-order valence-corrected chi connectivity index (χ2v) is 6.26. The molecule has 1 amide bonds. The molecule has 0 fully saturated rings. The number of nitrogens with one attached hydrogen (secondary N) is 1. The monoisotopic (exact) mass is 361 g/mol. The fraction of sp³-hybridized carbons (Fsp3) is 0.0909. The molecule has 0 spiro atoms. The predicted octanol–water partition coefficient (Wildman–Crippen LogP) is 5.05. The van der Waals surface area contributed by atoms with Crippen molar-refractivity contribution in [2.75, 3.05) is 5.32 Å². The molecule has 0 aliphatic heterocycles. The van der Waals surface area contributed by atoms with Crippen molar-refractivity contribution in [3.8, 4) is 11.5 Å². The lowest BCUT2D eigenvalue weighted by atomic mass is 10.1. The van der Waals surface area contributed by atoms with Crippen LogP contribution in [0.5, 0.6) is 11.5 Å². The van der Waals surface area contributed by atoms with Crippen LogP contribution < -0.4 is 10.1 Å². The Morgan fingerprint density at radius 2 is 1.52 bits per heavy atom. The Kier molecular flexibility index (Phi) is 5.22. The topological polar surface area (TPSA) is 75.6 Å². The summed E-state index contributed by atoms with van der Waals surface area (Å²) in [7, 11) is 0. The van der Waals surface area contributed by atoms with Crippen LogP contribution >= 0.6 is 0 Å². The summed E-state index contributed by atoms with van der Waals surface area (Å²) in [4.78, 5) is 24.1. The number of anilines is 1. The van der Waals surface area contributed by atoms with Gasteiger partial charge in [-0.15, -0.1) is 0 Å². The highest BCUT2D eigenvalue weighted by atomic mass is 16.5. The highest BCUT2D eigenvalue weighted by molar-refractivity contribution is 6.08. The zero-order valence-corrected chi connectivity index (χ0v) is 15.0. The van der Waals surface area contributed by atoms with Crippen molar-refractivity contribution >= 4 is 17.6 Å². The van der Waals surface area contributed by atoms with E-state index in [4.69, 9.17) is 4.74 Å². The zero-order valence-electron chi connectivity index (χ0n) is 15.0. The fourth-order valence-corrected chi connectivity index (χ4v) is 2.80. The summed E-state index contributed by atoms with van der Waals surface area (Å²) in [6.07, 6.45) is 0. The van der Waals surface area contributed by atoms with Crippen LogP contribution in [0.1, 0.15) is 31.8 Å². The lowest BCUT2D eigenvalue weighted by molar-refractivity contribution is 0.0698. The van der Waals surface area contributed by atoms with Crippen molar-refractivity contribution in [1.82, 2.24) is 0 Å². The van der Waals surface area contributed by atoms with Crippen molar-refractivity contribution in [3.63, 3.8) is 0 Å². The number of hydrogen-bond donors (Lipinski definition) is 2. The minimum absolute atomic E-state index is 0.00635. The van der Waals surface area contributed by atoms with Crippen LogP contribution in [0.15, 0.2) is 66.7 Å². The lowest BCUT2D eigenvalue weighted by Gasteiger charge is -2.12. The van der Waals surface area contributed by atoms with Crippen molar-refractivity contribution in [3.05, 3.63) is 89.0 Å². The highest BCUT2D eigenvalue weighted by Crippen LogP contribution is 2.27. The summed E-state index contributed by atoms with van der Waals surface area (Å²) in [5, 5.41) is 12.1. The number of amides is 1. The van der Waals surface area contributed by atoms with Gasteiger partial charge in [-0.25, -0.2) is 4.79 Å². The maximum Gasteiger partial charge on any atom is 0.337 e. The standard InChI is InChI=1S/C22H19NO4/c1-14-10-15(2)12-16(11-14)21(24)23-20-13-18(8-9-19(20)22(25)26)27-17-6-4-3-5-7-17/h3-13H,1-2H3,(H,23,24)(H,25,26). The number of carbonyl (C=O) groups is 2. The van der Waals surface area contributed by atoms with E-state index < -0.39 is 5.97 Å². The average molecular weight is 361 g/mol. The van der Waals surface area contributed by atoms with E-state index in [9.17, 15) is 14.7 Å². The minimum atomic E-state index is -1.13. The van der Waals surface area contributed by atoms with Gasteiger partial charge in [-0.1, -0.05) is 35.4 Å². The molecule has 5 nitrogen and oxygen atoms in total. The van der Waals surface area contributed by atoms with Gasteiger partial charge in [0.05, 0.1) is 11.3 Å². The van der Waals surface area contributed by atoms with Crippen molar-refractivity contribution < 1.29 is 19.4 Å². The normalized spacial score (nSPS) is 10.3. The Hall–Kier alpha value is -3.60. The lowest BCUT2D eigenvalue weighted by Crippen LogP contribution is -2.15. The summed E-state index contributed by atoms with van der Waals surface area (Å²) >= 11 is 0. The Morgan fingerprint density at radius 3 is 2.15 bits per heavy atom. The van der Waals surface area contributed by atoms with Crippen LogP contribution in [0.3, 0.4) is 0 Å². The first-order valence-corrected chi connectivity index (χ1v) is 8.42. The number of benzene rings is 3. The summed E-state index contributed by atoms with van der Waals surface area (Å²) in [6, 6.07) is 19.1. The van der Waals surface area contributed by atoms with Gasteiger partial charge < -0.3 is 15.2 Å². The number of ether oxygens (including phenoxy) is 1. The van der Waals surface area contributed by atoms with E-state index in [-0.39, 0.29) is 17.2 Å². The molecule has 0 saturated heterocycles. The van der Waals surface area contributed by atoms with E-state index in [1.165, 1.54) is 12.1 Å². The van der Waals surface area contributed by atoms with Crippen molar-refractivity contribution in [2.24, 2.45) is 0 Å². The third kappa shape index (κ3) is 4.52. The molecule has 0 atom stereocenters. The first-order chi connectivity index (χ1) is 12.9. The molecule has 3 rings (SSSR count). The maximum absolute atomic E-state index is 12.6. The first-order valence-electron chi connectivity index (χ1n) is 8.42. The molecule has 5 heteroatoms. The Morgan fingerprint density at radius 1 is 0.852 bits per heavy atom. The molecule has 0 heterocycles. The van der Waals surface area contributed by atoms with E-state index in [1.807, 2.05) is 38.1 Å². The number of carbonyl (C=O) groups excluding carboxylic acids is 1. The van der Waals surface area contributed by atoms with Crippen LogP contribution in [-0.2, 0) is 0 Å². The molecule has 0 unspecified atom stereocenters. The first kappa shape index (κ1) is 18.2. The van der Waals surface area contributed by atoms with Crippen molar-refractivity contribution in [1.29, 1.82) is 0 Å². The molecular formula is C22H19NO4. The number of rotatable bonds is 5. The SMILES string of the molecule is Cc1cc(C)cc(C(=O)Nc2cc(Oc3ccccc3)ccc2C(=O)O)c1. The van der Waals surface area contributed by atoms with E-state index in [1.54, 1.807) is 30.3 Å². The Bertz CT molecular complexity index is 976. The van der Waals surface area contributed by atoms with Crippen LogP contribution in [0.25, 0.3) is 0 Å². The fourth-order valence-electron chi connectivity index (χ4n) is 2.80. The second-order valence-electron chi connectivity index (χ2n) is 6.26. The minimum Gasteiger partial charge on any atom is -0.478 e. The number of aryl methyl sites for hydroxylation is 2. The molecule has 136 valence electrons. The largest absolute Gasteiger partial charge is 0.478 e. The van der Waals surface area contributed by atoms with Gasteiger partial charge in [0.15, 0.2) is 0 Å². The van der Waals surface area contributed by atoms with Gasteiger partial charge in [0, 0.05) is 11.6 Å². The van der Waals surface area contributed by atoms with E-state index >= 15 is 0 Å². The van der Waals surface area contributed by atoms with Gasteiger partial charge in [0.2, 0.25) is 0 Å². The number of para-hydroxylation sites is 1. The molecule has 0 aliphatic rings. The van der Waals surface area contributed by atoms with Gasteiger partial charge in [-0.2, -0.15) is 0 Å².